The molecule has 0 heterocycles. The summed E-state index contributed by atoms with van der Waals surface area (Å²) in [6.45, 7) is 0. The van der Waals surface area contributed by atoms with Gasteiger partial charge >= 0.3 is 0 Å². The molecule has 6 aromatic rings. The molecule has 0 atom stereocenters. The maximum Gasteiger partial charge on any atom is 0.0361 e. The van der Waals surface area contributed by atoms with Crippen LogP contribution < -0.4 is 19.6 Å². The molecular formula is C48H50N4. The third-order valence-electron chi connectivity index (χ3n) is 9.59. The van der Waals surface area contributed by atoms with E-state index >= 15 is 0 Å². The lowest BCUT2D eigenvalue weighted by Crippen LogP contribution is -2.08. The standard InChI is InChI=1S/C48H50N4/c1-49(2)41-25-17-35(18-26-41)47(36-19-27-42(28-20-36)50(3)4)33-39-13-9-11-15-45(39)46-16-12-10-14-40(46)34-48(37-21-29-43(30-22-37)51(5)6)38-23-31-44(32-24-38)52(7)8/h9-34H,1-8H3. The van der Waals surface area contributed by atoms with Crippen molar-refractivity contribution in [1.82, 2.24) is 0 Å². The van der Waals surface area contributed by atoms with Gasteiger partial charge in [0.05, 0.1) is 0 Å². The Hall–Kier alpha value is -6.00. The monoisotopic (exact) mass is 682 g/mol. The molecule has 0 radical (unpaired) electrons. The zero-order valence-electron chi connectivity index (χ0n) is 31.8. The molecule has 0 saturated heterocycles. The van der Waals surface area contributed by atoms with Crippen LogP contribution in [0.5, 0.6) is 0 Å². The molecule has 6 rings (SSSR count). The fourth-order valence-electron chi connectivity index (χ4n) is 6.47. The van der Waals surface area contributed by atoms with E-state index in [1.54, 1.807) is 0 Å². The zero-order valence-corrected chi connectivity index (χ0v) is 31.8. The average molecular weight is 683 g/mol. The molecule has 0 aliphatic rings. The van der Waals surface area contributed by atoms with E-state index in [9.17, 15) is 0 Å². The fourth-order valence-corrected chi connectivity index (χ4v) is 6.47. The Morgan fingerprint density at radius 2 is 0.538 bits per heavy atom. The van der Waals surface area contributed by atoms with E-state index in [-0.39, 0.29) is 0 Å². The third kappa shape index (κ3) is 8.14. The summed E-state index contributed by atoms with van der Waals surface area (Å²) >= 11 is 0. The summed E-state index contributed by atoms with van der Waals surface area (Å²) in [5, 5.41) is 0. The second kappa shape index (κ2) is 15.9. The molecule has 0 aliphatic heterocycles. The lowest BCUT2D eigenvalue weighted by atomic mass is 9.89. The van der Waals surface area contributed by atoms with Crippen LogP contribution in [0.3, 0.4) is 0 Å². The van der Waals surface area contributed by atoms with E-state index in [2.05, 4.69) is 234 Å². The second-order valence-corrected chi connectivity index (χ2v) is 14.1. The molecule has 0 aliphatic carbocycles. The van der Waals surface area contributed by atoms with Crippen LogP contribution in [-0.4, -0.2) is 56.4 Å². The summed E-state index contributed by atoms with van der Waals surface area (Å²) in [4.78, 5) is 8.56. The Morgan fingerprint density at radius 3 is 0.769 bits per heavy atom. The number of hydrogen-bond acceptors (Lipinski definition) is 4. The minimum Gasteiger partial charge on any atom is -0.378 e. The van der Waals surface area contributed by atoms with E-state index in [0.29, 0.717) is 0 Å². The molecule has 0 spiro atoms. The number of anilines is 4. The normalized spacial score (nSPS) is 10.7. The third-order valence-corrected chi connectivity index (χ3v) is 9.59. The van der Waals surface area contributed by atoms with Gasteiger partial charge < -0.3 is 19.6 Å². The van der Waals surface area contributed by atoms with Gasteiger partial charge in [-0.25, -0.2) is 0 Å². The van der Waals surface area contributed by atoms with Crippen LogP contribution in [0.4, 0.5) is 22.7 Å². The van der Waals surface area contributed by atoms with E-state index in [4.69, 9.17) is 0 Å². The molecule has 0 aromatic heterocycles. The highest BCUT2D eigenvalue weighted by Crippen LogP contribution is 2.36. The first-order valence-electron chi connectivity index (χ1n) is 17.8. The highest BCUT2D eigenvalue weighted by atomic mass is 15.1. The van der Waals surface area contributed by atoms with Crippen molar-refractivity contribution in [2.75, 3.05) is 76.0 Å². The van der Waals surface area contributed by atoms with Crippen molar-refractivity contribution in [2.24, 2.45) is 0 Å². The lowest BCUT2D eigenvalue weighted by molar-refractivity contribution is 1.13. The Labute approximate surface area is 311 Å². The van der Waals surface area contributed by atoms with Crippen LogP contribution in [-0.2, 0) is 0 Å². The summed E-state index contributed by atoms with van der Waals surface area (Å²) in [6.07, 6.45) is 4.71. The highest BCUT2D eigenvalue weighted by molar-refractivity contribution is 5.98. The van der Waals surface area contributed by atoms with Gasteiger partial charge in [-0.1, -0.05) is 97.1 Å². The van der Waals surface area contributed by atoms with Gasteiger partial charge in [0, 0.05) is 79.1 Å². The van der Waals surface area contributed by atoms with Gasteiger partial charge in [-0.15, -0.1) is 0 Å². The predicted octanol–water partition coefficient (Wildman–Crippen LogP) is 10.8. The van der Waals surface area contributed by atoms with Gasteiger partial charge in [0.15, 0.2) is 0 Å². The first-order chi connectivity index (χ1) is 25.1. The molecule has 0 fully saturated rings. The van der Waals surface area contributed by atoms with Gasteiger partial charge in [-0.05, 0) is 116 Å². The van der Waals surface area contributed by atoms with E-state index in [0.717, 1.165) is 0 Å². The van der Waals surface area contributed by atoms with Crippen molar-refractivity contribution in [3.8, 4) is 11.1 Å². The van der Waals surface area contributed by atoms with E-state index < -0.39 is 0 Å². The number of benzene rings is 6. The van der Waals surface area contributed by atoms with Crippen molar-refractivity contribution >= 4 is 46.0 Å². The van der Waals surface area contributed by atoms with Gasteiger partial charge in [0.2, 0.25) is 0 Å². The molecule has 0 saturated carbocycles. The van der Waals surface area contributed by atoms with Crippen molar-refractivity contribution in [3.05, 3.63) is 179 Å². The molecule has 4 heteroatoms. The van der Waals surface area contributed by atoms with Crippen molar-refractivity contribution in [1.29, 1.82) is 0 Å². The fraction of sp³-hybridized carbons (Fsp3) is 0.167. The van der Waals surface area contributed by atoms with E-state index in [1.807, 2.05) is 0 Å². The molecule has 0 bridgehead atoms. The minimum atomic E-state index is 1.17. The van der Waals surface area contributed by atoms with Crippen LogP contribution in [0.1, 0.15) is 33.4 Å². The summed E-state index contributed by atoms with van der Waals surface area (Å²) in [5.74, 6) is 0. The molecule has 6 aromatic carbocycles. The second-order valence-electron chi connectivity index (χ2n) is 14.1. The summed E-state index contributed by atoms with van der Waals surface area (Å²) < 4.78 is 0. The number of rotatable bonds is 11. The number of nitrogens with zero attached hydrogens (tertiary/aromatic N) is 4. The Morgan fingerprint density at radius 1 is 0.308 bits per heavy atom. The van der Waals surface area contributed by atoms with Crippen LogP contribution in [0.15, 0.2) is 146 Å². The molecule has 262 valence electrons. The molecule has 0 unspecified atom stereocenters. The first kappa shape index (κ1) is 35.8. The van der Waals surface area contributed by atoms with Crippen LogP contribution in [0, 0.1) is 0 Å². The van der Waals surface area contributed by atoms with Crippen molar-refractivity contribution < 1.29 is 0 Å². The van der Waals surface area contributed by atoms with Crippen LogP contribution in [0.2, 0.25) is 0 Å². The SMILES string of the molecule is CN(C)c1ccc(C(=Cc2ccccc2-c2ccccc2C=C(c2ccc(N(C)C)cc2)c2ccc(N(C)C)cc2)c2ccc(N(C)C)cc2)cc1. The van der Waals surface area contributed by atoms with Gasteiger partial charge in [0.25, 0.3) is 0 Å². The maximum atomic E-state index is 2.35. The van der Waals surface area contributed by atoms with Gasteiger partial charge in [-0.3, -0.25) is 0 Å². The Kier molecular flexibility index (Phi) is 11.0. The summed E-state index contributed by atoms with van der Waals surface area (Å²) in [5.41, 5.74) is 16.5. The van der Waals surface area contributed by atoms with Crippen molar-refractivity contribution in [2.45, 2.75) is 0 Å². The van der Waals surface area contributed by atoms with Crippen LogP contribution in [0.25, 0.3) is 34.4 Å². The molecule has 0 amide bonds. The quantitative estimate of drug-likeness (QED) is 0.126. The average Bonchev–Trinajstić information content (AvgIpc) is 3.16. The molecular weight excluding hydrogens is 633 g/mol. The summed E-state index contributed by atoms with van der Waals surface area (Å²) in [6, 6.07) is 53.0. The predicted molar refractivity (Wildman–Crippen MR) is 229 cm³/mol. The molecule has 4 nitrogen and oxygen atoms in total. The van der Waals surface area contributed by atoms with Gasteiger partial charge in [0.1, 0.15) is 0 Å². The maximum absolute atomic E-state index is 2.35. The summed E-state index contributed by atoms with van der Waals surface area (Å²) in [7, 11) is 16.6. The number of hydrogen-bond donors (Lipinski definition) is 0. The van der Waals surface area contributed by atoms with Crippen molar-refractivity contribution in [3.63, 3.8) is 0 Å². The van der Waals surface area contributed by atoms with Crippen LogP contribution >= 0.6 is 0 Å². The Balaban J connectivity index is 1.51. The topological polar surface area (TPSA) is 13.0 Å². The largest absolute Gasteiger partial charge is 0.378 e. The van der Waals surface area contributed by atoms with Gasteiger partial charge in [-0.2, -0.15) is 0 Å². The molecule has 52 heavy (non-hydrogen) atoms. The molecule has 0 N–H and O–H groups in total. The Bertz CT molecular complexity index is 1890. The first-order valence-corrected chi connectivity index (χ1v) is 17.8. The van der Waals surface area contributed by atoms with E-state index in [1.165, 1.54) is 78.4 Å². The smallest absolute Gasteiger partial charge is 0.0361 e. The minimum absolute atomic E-state index is 1.17. The highest BCUT2D eigenvalue weighted by Gasteiger charge is 2.14. The zero-order chi connectivity index (χ0) is 36.8. The lowest BCUT2D eigenvalue weighted by Gasteiger charge is -2.18.